The molecule has 0 spiro atoms. The Morgan fingerprint density at radius 2 is 2.10 bits per heavy atom. The molecule has 0 amide bonds. The Morgan fingerprint density at radius 3 is 2.83 bits per heavy atom. The number of carbonyl (C=O) groups is 2. The molecule has 5 rings (SSSR count). The zero-order chi connectivity index (χ0) is 20.6. The third-order valence-corrected chi connectivity index (χ3v) is 6.69. The van der Waals surface area contributed by atoms with Crippen LogP contribution in [0.1, 0.15) is 31.5 Å². The second kappa shape index (κ2) is 7.67. The van der Waals surface area contributed by atoms with Gasteiger partial charge in [-0.2, -0.15) is 0 Å². The van der Waals surface area contributed by atoms with Crippen molar-refractivity contribution in [1.82, 2.24) is 4.98 Å². The Balaban J connectivity index is 2.03. The van der Waals surface area contributed by atoms with Crippen molar-refractivity contribution in [1.29, 1.82) is 0 Å². The van der Waals surface area contributed by atoms with Crippen LogP contribution < -0.4 is 4.90 Å². The molecule has 3 atom stereocenters. The Bertz CT molecular complexity index is 976. The Morgan fingerprint density at radius 1 is 1.31 bits per heavy atom. The van der Waals surface area contributed by atoms with E-state index < -0.39 is 11.4 Å². The lowest BCUT2D eigenvalue weighted by molar-refractivity contribution is -0.899. The second-order valence-corrected chi connectivity index (χ2v) is 8.15. The summed E-state index contributed by atoms with van der Waals surface area (Å²) >= 11 is 0. The molecule has 1 saturated heterocycles. The van der Waals surface area contributed by atoms with Gasteiger partial charge in [0.25, 0.3) is 0 Å². The number of ether oxygens (including phenoxy) is 2. The van der Waals surface area contributed by atoms with E-state index in [4.69, 9.17) is 9.47 Å². The summed E-state index contributed by atoms with van der Waals surface area (Å²) in [6.45, 7) is 6.29. The molecule has 154 valence electrons. The molecular formula is C23H29N2O4+. The Kier molecular flexibility index (Phi) is 5.21. The summed E-state index contributed by atoms with van der Waals surface area (Å²) in [4.78, 5) is 30.4. The van der Waals surface area contributed by atoms with Crippen LogP contribution in [0.25, 0.3) is 10.9 Å². The van der Waals surface area contributed by atoms with Crippen molar-refractivity contribution in [2.75, 3.05) is 33.4 Å². The fraction of sp³-hybridized carbons (Fsp3) is 0.478. The number of hydrogen-bond donors (Lipinski definition) is 2. The number of rotatable bonds is 3. The molecule has 2 N–H and O–H groups in total. The minimum atomic E-state index is -1.08. The lowest BCUT2D eigenvalue weighted by Gasteiger charge is -2.41. The van der Waals surface area contributed by atoms with Crippen LogP contribution in [0.15, 0.2) is 35.9 Å². The largest absolute Gasteiger partial charge is 0.468 e. The summed E-state index contributed by atoms with van der Waals surface area (Å²) in [7, 11) is 1.42. The highest BCUT2D eigenvalue weighted by Gasteiger charge is 2.55. The number of benzene rings is 1. The molecule has 0 saturated carbocycles. The van der Waals surface area contributed by atoms with E-state index in [0.29, 0.717) is 0 Å². The van der Waals surface area contributed by atoms with E-state index in [1.165, 1.54) is 24.5 Å². The fourth-order valence-corrected chi connectivity index (χ4v) is 5.30. The first-order chi connectivity index (χ1) is 14.0. The third-order valence-electron chi connectivity index (χ3n) is 6.69. The number of piperidine rings is 1. The number of carbonyl (C=O) groups excluding carboxylic acids is 2. The van der Waals surface area contributed by atoms with Gasteiger partial charge in [-0.3, -0.25) is 9.59 Å². The quantitative estimate of drug-likeness (QED) is 0.609. The molecule has 1 fully saturated rings. The lowest BCUT2D eigenvalue weighted by Crippen LogP contribution is -3.13. The summed E-state index contributed by atoms with van der Waals surface area (Å²) in [6, 6.07) is 8.14. The molecule has 1 aromatic heterocycles. The van der Waals surface area contributed by atoms with Crippen LogP contribution in [-0.2, 0) is 30.9 Å². The Labute approximate surface area is 170 Å². The molecule has 4 heterocycles. The molecular weight excluding hydrogens is 368 g/mol. The number of methoxy groups -OCH3 is 1. The van der Waals surface area contributed by atoms with Gasteiger partial charge in [0, 0.05) is 42.3 Å². The van der Waals surface area contributed by atoms with Crippen molar-refractivity contribution in [3.05, 3.63) is 47.2 Å². The van der Waals surface area contributed by atoms with Crippen LogP contribution in [0.2, 0.25) is 0 Å². The van der Waals surface area contributed by atoms with E-state index in [-0.39, 0.29) is 18.5 Å². The van der Waals surface area contributed by atoms with Gasteiger partial charge in [-0.25, -0.2) is 0 Å². The van der Waals surface area contributed by atoms with Crippen molar-refractivity contribution in [3.8, 4) is 0 Å². The third kappa shape index (κ3) is 3.15. The van der Waals surface area contributed by atoms with E-state index in [0.717, 1.165) is 54.6 Å². The molecule has 1 aromatic carbocycles. The molecule has 0 radical (unpaired) electrons. The number of aromatic nitrogens is 1. The van der Waals surface area contributed by atoms with Crippen molar-refractivity contribution < 1.29 is 24.0 Å². The predicted octanol–water partition coefficient (Wildman–Crippen LogP) is 1.55. The van der Waals surface area contributed by atoms with Gasteiger partial charge in [0.2, 0.25) is 0 Å². The summed E-state index contributed by atoms with van der Waals surface area (Å²) in [5, 5.41) is 1.13. The van der Waals surface area contributed by atoms with Crippen LogP contribution in [0, 0.1) is 5.92 Å². The summed E-state index contributed by atoms with van der Waals surface area (Å²) in [5.74, 6) is -0.815. The number of allylic oxidation sites excluding steroid dienone is 1. The molecule has 0 aliphatic carbocycles. The zero-order valence-corrected chi connectivity index (χ0v) is 17.3. The number of H-pyrrole nitrogens is 1. The van der Waals surface area contributed by atoms with E-state index in [1.807, 2.05) is 25.1 Å². The molecule has 2 aromatic rings. The van der Waals surface area contributed by atoms with Crippen molar-refractivity contribution >= 4 is 22.8 Å². The minimum Gasteiger partial charge on any atom is -0.468 e. The smallest absolute Gasteiger partial charge is 0.321 e. The van der Waals surface area contributed by atoms with E-state index in [2.05, 4.69) is 17.1 Å². The maximum absolute atomic E-state index is 13.5. The number of esters is 2. The van der Waals surface area contributed by atoms with Crippen LogP contribution in [0.5, 0.6) is 0 Å². The maximum atomic E-state index is 13.5. The lowest BCUT2D eigenvalue weighted by atomic mass is 9.66. The molecule has 29 heavy (non-hydrogen) atoms. The fourth-order valence-electron chi connectivity index (χ4n) is 5.30. The predicted molar refractivity (Wildman–Crippen MR) is 110 cm³/mol. The van der Waals surface area contributed by atoms with Gasteiger partial charge >= 0.3 is 11.9 Å². The summed E-state index contributed by atoms with van der Waals surface area (Å²) < 4.78 is 10.9. The number of fused-ring (bicyclic) bond motifs is 4. The summed E-state index contributed by atoms with van der Waals surface area (Å²) in [6.07, 6.45) is 3.83. The normalized spacial score (nSPS) is 27.8. The molecule has 6 nitrogen and oxygen atoms in total. The first-order valence-electron chi connectivity index (χ1n) is 10.3. The van der Waals surface area contributed by atoms with Crippen molar-refractivity contribution in [2.24, 2.45) is 5.92 Å². The average molecular weight is 397 g/mol. The van der Waals surface area contributed by atoms with Crippen molar-refractivity contribution in [2.45, 2.75) is 32.1 Å². The van der Waals surface area contributed by atoms with Gasteiger partial charge in [0.15, 0.2) is 0 Å². The van der Waals surface area contributed by atoms with Crippen LogP contribution >= 0.6 is 0 Å². The minimum absolute atomic E-state index is 0.0217. The van der Waals surface area contributed by atoms with Crippen LogP contribution in [0.4, 0.5) is 0 Å². The van der Waals surface area contributed by atoms with Crippen molar-refractivity contribution in [3.63, 3.8) is 0 Å². The standard InChI is InChI=1S/C23H28N2O4/c1-4-16-13-25-11-9-18-17-7-5-6-8-20(17)24-21(18)23(22(27)28-3,14-29-15(2)26)19(16)10-12-25/h4-8,19,24H,9-14H2,1-3H3/p+1/t19-,23-/m0/s1. The number of hydrogen-bond acceptors (Lipinski definition) is 4. The topological polar surface area (TPSA) is 72.8 Å². The van der Waals surface area contributed by atoms with E-state index in [1.54, 1.807) is 0 Å². The van der Waals surface area contributed by atoms with Gasteiger partial charge < -0.3 is 19.4 Å². The van der Waals surface area contributed by atoms with E-state index in [9.17, 15) is 9.59 Å². The average Bonchev–Trinajstić information content (AvgIpc) is 3.14. The maximum Gasteiger partial charge on any atom is 0.321 e. The molecule has 1 unspecified atom stereocenters. The number of quaternary nitrogens is 1. The van der Waals surface area contributed by atoms with Crippen LogP contribution in [0.3, 0.4) is 0 Å². The Hall–Kier alpha value is -2.60. The first kappa shape index (κ1) is 19.7. The monoisotopic (exact) mass is 397 g/mol. The molecule has 3 aliphatic rings. The zero-order valence-electron chi connectivity index (χ0n) is 17.3. The van der Waals surface area contributed by atoms with Crippen LogP contribution in [-0.4, -0.2) is 50.3 Å². The second-order valence-electron chi connectivity index (χ2n) is 8.15. The van der Waals surface area contributed by atoms with Gasteiger partial charge in [-0.1, -0.05) is 24.3 Å². The molecule has 2 bridgehead atoms. The number of para-hydroxylation sites is 1. The van der Waals surface area contributed by atoms with Gasteiger partial charge in [-0.15, -0.1) is 0 Å². The van der Waals surface area contributed by atoms with Gasteiger partial charge in [0.05, 0.1) is 26.7 Å². The molecule has 3 aliphatic heterocycles. The number of nitrogens with one attached hydrogen (secondary N) is 2. The van der Waals surface area contributed by atoms with Gasteiger partial charge in [0.1, 0.15) is 12.0 Å². The highest BCUT2D eigenvalue weighted by atomic mass is 16.5. The highest BCUT2D eigenvalue weighted by molar-refractivity contribution is 5.91. The van der Waals surface area contributed by atoms with Gasteiger partial charge in [-0.05, 0) is 24.1 Å². The summed E-state index contributed by atoms with van der Waals surface area (Å²) in [5.41, 5.74) is 3.14. The first-order valence-corrected chi connectivity index (χ1v) is 10.3. The van der Waals surface area contributed by atoms with E-state index >= 15 is 0 Å². The number of aromatic amines is 1. The SMILES string of the molecule is CC=C1C[NH+]2CCc3c([nH]c4ccccc34)[C@@](COC(C)=O)(C(=O)OC)[C@H]1CC2. The highest BCUT2D eigenvalue weighted by Crippen LogP contribution is 2.44. The molecule has 6 heteroatoms.